The highest BCUT2D eigenvalue weighted by Gasteiger charge is 2.04. The molecule has 0 fully saturated rings. The largest absolute Gasteiger partial charge is 0.744 e. The van der Waals surface area contributed by atoms with Crippen molar-refractivity contribution in [3.8, 4) is 0 Å². The molecule has 2 heterocycles. The zero-order chi connectivity index (χ0) is 25.8. The van der Waals surface area contributed by atoms with Crippen molar-refractivity contribution < 1.29 is 35.1 Å². The third-order valence-electron chi connectivity index (χ3n) is 4.59. The first kappa shape index (κ1) is 29.5. The Labute approximate surface area is 202 Å². The minimum absolute atomic E-state index is 0.579. The number of unbranched alkanes of at least 4 members (excludes halogenated alkanes) is 2. The Morgan fingerprint density at radius 1 is 0.706 bits per heavy atom. The monoisotopic (exact) mass is 514 g/mol. The molecule has 10 nitrogen and oxygen atoms in total. The molecule has 0 saturated carbocycles. The average Bonchev–Trinajstić information content (AvgIpc) is 3.38. The van der Waals surface area contributed by atoms with Gasteiger partial charge in [0.15, 0.2) is 0 Å². The summed E-state index contributed by atoms with van der Waals surface area (Å²) in [6.45, 7) is 6.72. The SMILES string of the molecule is CCCCn1cc[n+](C)c1.CCCCn1cc[n+](C)c1.O=S(=O)([O-])c1ccc(S(=O)(=O)[O-])cc1. The third kappa shape index (κ3) is 11.5. The van der Waals surface area contributed by atoms with Crippen LogP contribution in [0.5, 0.6) is 0 Å². The van der Waals surface area contributed by atoms with Crippen molar-refractivity contribution in [1.82, 2.24) is 9.13 Å². The fourth-order valence-corrected chi connectivity index (χ4v) is 3.66. The molecule has 0 atom stereocenters. The van der Waals surface area contributed by atoms with E-state index in [1.54, 1.807) is 0 Å². The molecule has 0 unspecified atom stereocenters. The van der Waals surface area contributed by atoms with E-state index in [9.17, 15) is 25.9 Å². The number of hydrogen-bond acceptors (Lipinski definition) is 6. The van der Waals surface area contributed by atoms with Crippen LogP contribution in [0.15, 0.2) is 71.5 Å². The smallest absolute Gasteiger partial charge is 0.243 e. The Morgan fingerprint density at radius 3 is 1.24 bits per heavy atom. The van der Waals surface area contributed by atoms with Gasteiger partial charge in [0.2, 0.25) is 12.7 Å². The van der Waals surface area contributed by atoms with E-state index in [2.05, 4.69) is 69.6 Å². The van der Waals surface area contributed by atoms with Gasteiger partial charge in [-0.05, 0) is 37.1 Å². The van der Waals surface area contributed by atoms with Crippen molar-refractivity contribution in [1.29, 1.82) is 0 Å². The van der Waals surface area contributed by atoms with Crippen LogP contribution in [0.4, 0.5) is 0 Å². The van der Waals surface area contributed by atoms with Crippen LogP contribution in [0.1, 0.15) is 39.5 Å². The summed E-state index contributed by atoms with van der Waals surface area (Å²) in [5.74, 6) is 0. The fraction of sp³-hybridized carbons (Fsp3) is 0.455. The minimum atomic E-state index is -4.61. The van der Waals surface area contributed by atoms with Gasteiger partial charge in [0.05, 0.1) is 37.0 Å². The van der Waals surface area contributed by atoms with E-state index in [1.807, 2.05) is 14.1 Å². The third-order valence-corrected chi connectivity index (χ3v) is 6.29. The summed E-state index contributed by atoms with van der Waals surface area (Å²) >= 11 is 0. The van der Waals surface area contributed by atoms with Gasteiger partial charge in [0.25, 0.3) is 0 Å². The number of aryl methyl sites for hydroxylation is 4. The lowest BCUT2D eigenvalue weighted by Crippen LogP contribution is -2.23. The van der Waals surface area contributed by atoms with Gasteiger partial charge < -0.3 is 9.11 Å². The Bertz CT molecular complexity index is 1110. The normalized spacial score (nSPS) is 11.2. The highest BCUT2D eigenvalue weighted by molar-refractivity contribution is 7.86. The molecular formula is C22H34N4O6S2. The van der Waals surface area contributed by atoms with Crippen LogP contribution in [-0.4, -0.2) is 35.1 Å². The summed E-state index contributed by atoms with van der Waals surface area (Å²) in [5.41, 5.74) is 0. The molecule has 0 spiro atoms. The second-order valence-electron chi connectivity index (χ2n) is 7.72. The van der Waals surface area contributed by atoms with Crippen molar-refractivity contribution in [2.24, 2.45) is 14.1 Å². The molecule has 190 valence electrons. The number of hydrogen-bond donors (Lipinski definition) is 0. The first-order chi connectivity index (χ1) is 15.9. The maximum absolute atomic E-state index is 10.4. The molecule has 2 aromatic heterocycles. The van der Waals surface area contributed by atoms with E-state index in [0.29, 0.717) is 0 Å². The molecule has 0 aliphatic carbocycles. The lowest BCUT2D eigenvalue weighted by molar-refractivity contribution is -0.671. The number of nitrogens with zero attached hydrogens (tertiary/aromatic N) is 4. The molecule has 3 rings (SSSR count). The second-order valence-corrected chi connectivity index (χ2v) is 10.5. The molecule has 0 amide bonds. The molecule has 0 radical (unpaired) electrons. The average molecular weight is 515 g/mol. The summed E-state index contributed by atoms with van der Waals surface area (Å²) in [6, 6.07) is 3.08. The topological polar surface area (TPSA) is 132 Å². The molecule has 0 saturated heterocycles. The van der Waals surface area contributed by atoms with E-state index >= 15 is 0 Å². The molecule has 0 aliphatic heterocycles. The number of benzene rings is 1. The molecule has 0 bridgehead atoms. The predicted octanol–water partition coefficient (Wildman–Crippen LogP) is 1.72. The van der Waals surface area contributed by atoms with Crippen LogP contribution in [0.3, 0.4) is 0 Å². The van der Waals surface area contributed by atoms with Gasteiger partial charge in [-0.25, -0.2) is 35.1 Å². The summed E-state index contributed by atoms with van der Waals surface area (Å²) in [5, 5.41) is 0. The maximum atomic E-state index is 10.4. The lowest BCUT2D eigenvalue weighted by atomic mass is 10.3. The van der Waals surface area contributed by atoms with Crippen molar-refractivity contribution in [3.05, 3.63) is 61.7 Å². The van der Waals surface area contributed by atoms with Crippen LogP contribution in [0.25, 0.3) is 0 Å². The first-order valence-electron chi connectivity index (χ1n) is 10.9. The summed E-state index contributed by atoms with van der Waals surface area (Å²) in [6.07, 6.45) is 17.6. The van der Waals surface area contributed by atoms with Gasteiger partial charge in [0.1, 0.15) is 45.0 Å². The van der Waals surface area contributed by atoms with Crippen LogP contribution >= 0.6 is 0 Å². The first-order valence-corrected chi connectivity index (χ1v) is 13.7. The molecular weight excluding hydrogens is 480 g/mol. The second kappa shape index (κ2) is 14.0. The van der Waals surface area contributed by atoms with Crippen molar-refractivity contribution in [3.63, 3.8) is 0 Å². The molecule has 3 aromatic rings. The van der Waals surface area contributed by atoms with Gasteiger partial charge in [-0.15, -0.1) is 0 Å². The molecule has 12 heteroatoms. The summed E-state index contributed by atoms with van der Waals surface area (Å²) in [4.78, 5) is -1.16. The molecule has 1 aromatic carbocycles. The summed E-state index contributed by atoms with van der Waals surface area (Å²) < 4.78 is 71.0. The maximum Gasteiger partial charge on any atom is 0.243 e. The van der Waals surface area contributed by atoms with Crippen molar-refractivity contribution >= 4 is 20.2 Å². The lowest BCUT2D eigenvalue weighted by Gasteiger charge is -2.09. The predicted molar refractivity (Wildman–Crippen MR) is 123 cm³/mol. The van der Waals surface area contributed by atoms with E-state index in [1.165, 1.54) is 25.7 Å². The van der Waals surface area contributed by atoms with Gasteiger partial charge in [0, 0.05) is 0 Å². The number of rotatable bonds is 8. The van der Waals surface area contributed by atoms with Gasteiger partial charge in [-0.3, -0.25) is 0 Å². The van der Waals surface area contributed by atoms with Crippen LogP contribution in [-0.2, 0) is 47.4 Å². The fourth-order valence-electron chi connectivity index (χ4n) is 2.72. The van der Waals surface area contributed by atoms with E-state index in [0.717, 1.165) is 37.4 Å². The van der Waals surface area contributed by atoms with Crippen LogP contribution < -0.4 is 9.13 Å². The Hall–Kier alpha value is -2.54. The Morgan fingerprint density at radius 2 is 1.03 bits per heavy atom. The van der Waals surface area contributed by atoms with Crippen molar-refractivity contribution in [2.45, 2.75) is 62.4 Å². The molecule has 0 N–H and O–H groups in total. The summed E-state index contributed by atoms with van der Waals surface area (Å²) in [7, 11) is -5.14. The van der Waals surface area contributed by atoms with Gasteiger partial charge in [-0.1, -0.05) is 26.7 Å². The minimum Gasteiger partial charge on any atom is -0.744 e. The number of aromatic nitrogens is 4. The zero-order valence-electron chi connectivity index (χ0n) is 20.1. The highest BCUT2D eigenvalue weighted by Crippen LogP contribution is 2.13. The highest BCUT2D eigenvalue weighted by atomic mass is 32.2. The standard InChI is InChI=1S/2C8H15N2.C6H6O6S2/c2*1-3-4-5-10-7-6-9(2)8-10;7-13(8,9)5-1-2-6(4-3-5)14(10,11)12/h2*6-8H,3-5H2,1-2H3;1-4H,(H,7,8,9)(H,10,11,12)/q2*+1;/p-2. The Kier molecular flexibility index (Phi) is 12.1. The van der Waals surface area contributed by atoms with E-state index in [-0.39, 0.29) is 0 Å². The quantitative estimate of drug-likeness (QED) is 0.332. The Balaban J connectivity index is 0.000000261. The van der Waals surface area contributed by atoms with E-state index < -0.39 is 30.0 Å². The van der Waals surface area contributed by atoms with Gasteiger partial charge >= 0.3 is 0 Å². The van der Waals surface area contributed by atoms with Crippen molar-refractivity contribution in [2.75, 3.05) is 0 Å². The van der Waals surface area contributed by atoms with E-state index in [4.69, 9.17) is 0 Å². The van der Waals surface area contributed by atoms with Crippen LogP contribution in [0, 0.1) is 0 Å². The zero-order valence-corrected chi connectivity index (χ0v) is 21.7. The van der Waals surface area contributed by atoms with Gasteiger partial charge in [-0.2, -0.15) is 0 Å². The van der Waals surface area contributed by atoms with Crippen LogP contribution in [0.2, 0.25) is 0 Å². The number of imidazole rings is 2. The molecule has 34 heavy (non-hydrogen) atoms. The molecule has 0 aliphatic rings.